The molecule has 1 fully saturated rings. The monoisotopic (exact) mass is 444 g/mol. The molecule has 1 heterocycles. The number of rotatable bonds is 9. The number of unbranched alkanes of at least 4 members (excludes halogenated alkanes) is 1. The predicted octanol–water partition coefficient (Wildman–Crippen LogP) is 5.33. The number of benzene rings is 2. The molecule has 31 heavy (non-hydrogen) atoms. The summed E-state index contributed by atoms with van der Waals surface area (Å²) in [4.78, 5) is 17.4. The van der Waals surface area contributed by atoms with E-state index in [4.69, 9.17) is 21.1 Å². The molecule has 0 spiro atoms. The molecule has 0 bridgehead atoms. The standard InChI is InChI=1S/C25H33ClN2O3/c1-4-6-15-30-18-21-16-20(8-10-24(21)31-5-2)25(29)28-13-11-27(12-14-28)23-17-22(26)9-7-19(23)3/h7-10,16-17H,4-6,11-15,18H2,1-3H3. The number of carbonyl (C=O) groups is 1. The van der Waals surface area contributed by atoms with Crippen molar-refractivity contribution in [1.29, 1.82) is 0 Å². The smallest absolute Gasteiger partial charge is 0.253 e. The molecule has 1 amide bonds. The van der Waals surface area contributed by atoms with Gasteiger partial charge in [-0.3, -0.25) is 4.79 Å². The second kappa shape index (κ2) is 11.4. The van der Waals surface area contributed by atoms with Crippen LogP contribution in [-0.2, 0) is 11.3 Å². The SMILES string of the molecule is CCCCOCc1cc(C(=O)N2CCN(c3cc(Cl)ccc3C)CC2)ccc1OCC. The van der Waals surface area contributed by atoms with Gasteiger partial charge in [-0.05, 0) is 56.2 Å². The normalized spacial score (nSPS) is 14.1. The van der Waals surface area contributed by atoms with Crippen molar-refractivity contribution in [2.24, 2.45) is 0 Å². The fraction of sp³-hybridized carbons (Fsp3) is 0.480. The minimum atomic E-state index is 0.0559. The Kier molecular flexibility index (Phi) is 8.61. The number of nitrogens with zero attached hydrogens (tertiary/aromatic N) is 2. The predicted molar refractivity (Wildman–Crippen MR) is 126 cm³/mol. The number of hydrogen-bond acceptors (Lipinski definition) is 4. The lowest BCUT2D eigenvalue weighted by Crippen LogP contribution is -2.49. The molecular weight excluding hydrogens is 412 g/mol. The van der Waals surface area contributed by atoms with Crippen LogP contribution in [0.2, 0.25) is 5.02 Å². The van der Waals surface area contributed by atoms with Gasteiger partial charge >= 0.3 is 0 Å². The Hall–Kier alpha value is -2.24. The van der Waals surface area contributed by atoms with Crippen molar-refractivity contribution in [1.82, 2.24) is 4.90 Å². The summed E-state index contributed by atoms with van der Waals surface area (Å²) < 4.78 is 11.5. The average Bonchev–Trinajstić information content (AvgIpc) is 2.79. The minimum Gasteiger partial charge on any atom is -0.494 e. The molecule has 2 aromatic rings. The first-order valence-electron chi connectivity index (χ1n) is 11.2. The lowest BCUT2D eigenvalue weighted by molar-refractivity contribution is 0.0746. The third-order valence-electron chi connectivity index (χ3n) is 5.59. The number of ether oxygens (including phenoxy) is 2. The second-order valence-electron chi connectivity index (χ2n) is 7.87. The van der Waals surface area contributed by atoms with Crippen LogP contribution in [0.5, 0.6) is 5.75 Å². The molecule has 2 aromatic carbocycles. The Morgan fingerprint density at radius 2 is 1.84 bits per heavy atom. The van der Waals surface area contributed by atoms with Crippen LogP contribution in [0.4, 0.5) is 5.69 Å². The van der Waals surface area contributed by atoms with E-state index in [-0.39, 0.29) is 5.91 Å². The highest BCUT2D eigenvalue weighted by Gasteiger charge is 2.24. The van der Waals surface area contributed by atoms with Gasteiger partial charge in [0.25, 0.3) is 5.91 Å². The summed E-state index contributed by atoms with van der Waals surface area (Å²) in [5.41, 5.74) is 3.96. The van der Waals surface area contributed by atoms with Gasteiger partial charge in [0.15, 0.2) is 0 Å². The maximum absolute atomic E-state index is 13.2. The summed E-state index contributed by atoms with van der Waals surface area (Å²) in [7, 11) is 0. The Labute approximate surface area is 190 Å². The molecule has 6 heteroatoms. The molecule has 5 nitrogen and oxygen atoms in total. The molecule has 0 atom stereocenters. The van der Waals surface area contributed by atoms with Crippen molar-refractivity contribution < 1.29 is 14.3 Å². The number of amides is 1. The fourth-order valence-electron chi connectivity index (χ4n) is 3.81. The molecule has 1 aliphatic rings. The molecule has 0 unspecified atom stereocenters. The van der Waals surface area contributed by atoms with E-state index in [2.05, 4.69) is 18.7 Å². The number of carbonyl (C=O) groups excluding carboxylic acids is 1. The van der Waals surface area contributed by atoms with E-state index < -0.39 is 0 Å². The Bertz CT molecular complexity index is 879. The van der Waals surface area contributed by atoms with E-state index >= 15 is 0 Å². The minimum absolute atomic E-state index is 0.0559. The average molecular weight is 445 g/mol. The maximum atomic E-state index is 13.2. The van der Waals surface area contributed by atoms with Gasteiger partial charge in [0, 0.05) is 54.6 Å². The van der Waals surface area contributed by atoms with E-state index in [1.54, 1.807) is 0 Å². The number of aryl methyl sites for hydroxylation is 1. The van der Waals surface area contributed by atoms with Crippen LogP contribution in [0.25, 0.3) is 0 Å². The summed E-state index contributed by atoms with van der Waals surface area (Å²) in [6, 6.07) is 11.6. The van der Waals surface area contributed by atoms with E-state index in [1.807, 2.05) is 48.2 Å². The topological polar surface area (TPSA) is 42.0 Å². The fourth-order valence-corrected chi connectivity index (χ4v) is 3.97. The summed E-state index contributed by atoms with van der Waals surface area (Å²) >= 11 is 6.19. The van der Waals surface area contributed by atoms with Gasteiger partial charge in [0.1, 0.15) is 5.75 Å². The van der Waals surface area contributed by atoms with Crippen molar-refractivity contribution in [3.8, 4) is 5.75 Å². The first-order chi connectivity index (χ1) is 15.0. The molecule has 0 aliphatic carbocycles. The van der Waals surface area contributed by atoms with E-state index in [9.17, 15) is 4.79 Å². The molecule has 1 aliphatic heterocycles. The van der Waals surface area contributed by atoms with E-state index in [0.717, 1.165) is 48.0 Å². The highest BCUT2D eigenvalue weighted by Crippen LogP contribution is 2.26. The lowest BCUT2D eigenvalue weighted by atomic mass is 10.1. The van der Waals surface area contributed by atoms with Crippen molar-refractivity contribution in [2.75, 3.05) is 44.3 Å². The quantitative estimate of drug-likeness (QED) is 0.490. The van der Waals surface area contributed by atoms with Crippen molar-refractivity contribution >= 4 is 23.2 Å². The first kappa shape index (κ1) is 23.4. The molecule has 0 N–H and O–H groups in total. The lowest BCUT2D eigenvalue weighted by Gasteiger charge is -2.37. The van der Waals surface area contributed by atoms with Gasteiger partial charge in [-0.25, -0.2) is 0 Å². The van der Waals surface area contributed by atoms with Crippen LogP contribution in [0, 0.1) is 6.92 Å². The van der Waals surface area contributed by atoms with Gasteiger partial charge in [-0.15, -0.1) is 0 Å². The van der Waals surface area contributed by atoms with Gasteiger partial charge in [-0.2, -0.15) is 0 Å². The number of hydrogen-bond donors (Lipinski definition) is 0. The van der Waals surface area contributed by atoms with Crippen molar-refractivity contribution in [3.05, 3.63) is 58.1 Å². The number of anilines is 1. The van der Waals surface area contributed by atoms with Crippen molar-refractivity contribution in [2.45, 2.75) is 40.2 Å². The van der Waals surface area contributed by atoms with Crippen LogP contribution in [0.15, 0.2) is 36.4 Å². The number of halogens is 1. The number of piperazine rings is 1. The van der Waals surface area contributed by atoms with Crippen molar-refractivity contribution in [3.63, 3.8) is 0 Å². The third kappa shape index (κ3) is 6.14. The summed E-state index contributed by atoms with van der Waals surface area (Å²) in [6.07, 6.45) is 2.12. The van der Waals surface area contributed by atoms with Crippen LogP contribution in [0.1, 0.15) is 48.2 Å². The molecule has 0 aromatic heterocycles. The Morgan fingerprint density at radius 3 is 2.55 bits per heavy atom. The van der Waals surface area contributed by atoms with E-state index in [1.165, 1.54) is 5.56 Å². The van der Waals surface area contributed by atoms with Crippen LogP contribution >= 0.6 is 11.6 Å². The summed E-state index contributed by atoms with van der Waals surface area (Å²) in [6.45, 7) is 10.9. The Balaban J connectivity index is 1.66. The molecule has 1 saturated heterocycles. The molecular formula is C25H33ClN2O3. The van der Waals surface area contributed by atoms with Crippen LogP contribution in [0.3, 0.4) is 0 Å². The highest BCUT2D eigenvalue weighted by molar-refractivity contribution is 6.30. The van der Waals surface area contributed by atoms with Gasteiger partial charge in [0.05, 0.1) is 13.2 Å². The van der Waals surface area contributed by atoms with E-state index in [0.29, 0.717) is 38.5 Å². The summed E-state index contributed by atoms with van der Waals surface area (Å²) in [5, 5.41) is 0.738. The van der Waals surface area contributed by atoms with Gasteiger partial charge in [0.2, 0.25) is 0 Å². The largest absolute Gasteiger partial charge is 0.494 e. The maximum Gasteiger partial charge on any atom is 0.253 e. The molecule has 0 radical (unpaired) electrons. The second-order valence-corrected chi connectivity index (χ2v) is 8.31. The van der Waals surface area contributed by atoms with Gasteiger partial charge < -0.3 is 19.3 Å². The zero-order valence-electron chi connectivity index (χ0n) is 18.8. The van der Waals surface area contributed by atoms with Crippen LogP contribution in [-0.4, -0.2) is 50.2 Å². The highest BCUT2D eigenvalue weighted by atomic mass is 35.5. The van der Waals surface area contributed by atoms with Crippen LogP contribution < -0.4 is 9.64 Å². The zero-order valence-corrected chi connectivity index (χ0v) is 19.6. The molecule has 3 rings (SSSR count). The zero-order chi connectivity index (χ0) is 22.2. The van der Waals surface area contributed by atoms with Gasteiger partial charge in [-0.1, -0.05) is 31.0 Å². The first-order valence-corrected chi connectivity index (χ1v) is 11.5. The summed E-state index contributed by atoms with van der Waals surface area (Å²) in [5.74, 6) is 0.845. The molecule has 0 saturated carbocycles. The third-order valence-corrected chi connectivity index (χ3v) is 5.82. The Morgan fingerprint density at radius 1 is 1.06 bits per heavy atom. The molecule has 168 valence electrons.